The highest BCUT2D eigenvalue weighted by molar-refractivity contribution is 6.08. The first-order chi connectivity index (χ1) is 17.6. The molecule has 1 aromatic carbocycles. The molecule has 6 rings (SSSR count). The molecule has 9 heteroatoms. The van der Waals surface area contributed by atoms with E-state index in [2.05, 4.69) is 27.5 Å². The van der Waals surface area contributed by atoms with E-state index < -0.39 is 0 Å². The van der Waals surface area contributed by atoms with Gasteiger partial charge < -0.3 is 15.4 Å². The molecule has 0 bridgehead atoms. The van der Waals surface area contributed by atoms with Crippen molar-refractivity contribution in [3.63, 3.8) is 0 Å². The maximum absolute atomic E-state index is 13.3. The molecule has 0 radical (unpaired) electrons. The molecule has 0 saturated carbocycles. The monoisotopic (exact) mass is 481 g/mol. The summed E-state index contributed by atoms with van der Waals surface area (Å²) >= 11 is 0. The Labute approximate surface area is 208 Å². The molecule has 5 heterocycles. The molecule has 182 valence electrons. The number of nitrogens with one attached hydrogen (secondary N) is 2. The summed E-state index contributed by atoms with van der Waals surface area (Å²) < 4.78 is 9.65. The maximum Gasteiger partial charge on any atom is 0.274 e. The fourth-order valence-corrected chi connectivity index (χ4v) is 4.55. The first-order valence-electron chi connectivity index (χ1n) is 12.2. The smallest absolute Gasteiger partial charge is 0.274 e. The number of carbonyl (C=O) groups excluding carboxylic acids is 1. The highest BCUT2D eigenvalue weighted by atomic mass is 16.5. The molecule has 0 spiro atoms. The lowest BCUT2D eigenvalue weighted by molar-refractivity contribution is 0.102. The summed E-state index contributed by atoms with van der Waals surface area (Å²) in [6.45, 7) is 6.30. The van der Waals surface area contributed by atoms with E-state index in [1.807, 2.05) is 66.3 Å². The van der Waals surface area contributed by atoms with Crippen molar-refractivity contribution in [2.24, 2.45) is 0 Å². The van der Waals surface area contributed by atoms with Crippen LogP contribution in [0.5, 0.6) is 5.75 Å². The molecule has 1 saturated heterocycles. The minimum atomic E-state index is -0.234. The molecular formula is C27H27N7O2. The number of hydrogen-bond acceptors (Lipinski definition) is 6. The Balaban J connectivity index is 1.30. The van der Waals surface area contributed by atoms with Crippen LogP contribution < -0.4 is 15.4 Å². The SMILES string of the molecule is CCc1nn(Cc2cccc(C)n2)c2cccc(NC(=O)c3cnc4cc(OC5CNC5)ccn34)c12. The number of amides is 1. The third-order valence-electron chi connectivity index (χ3n) is 6.46. The van der Waals surface area contributed by atoms with E-state index in [0.717, 1.165) is 58.9 Å². The van der Waals surface area contributed by atoms with Crippen LogP contribution >= 0.6 is 0 Å². The van der Waals surface area contributed by atoms with Gasteiger partial charge in [0.15, 0.2) is 0 Å². The summed E-state index contributed by atoms with van der Waals surface area (Å²) in [4.78, 5) is 22.4. The number of imidazole rings is 1. The number of hydrogen-bond donors (Lipinski definition) is 2. The van der Waals surface area contributed by atoms with E-state index in [9.17, 15) is 4.79 Å². The van der Waals surface area contributed by atoms with E-state index in [1.165, 1.54) is 0 Å². The van der Waals surface area contributed by atoms with Crippen molar-refractivity contribution < 1.29 is 9.53 Å². The Morgan fingerprint density at radius 3 is 2.83 bits per heavy atom. The van der Waals surface area contributed by atoms with Crippen molar-refractivity contribution in [1.82, 2.24) is 29.5 Å². The van der Waals surface area contributed by atoms with E-state index in [4.69, 9.17) is 9.84 Å². The summed E-state index contributed by atoms with van der Waals surface area (Å²) in [6, 6.07) is 15.6. The van der Waals surface area contributed by atoms with Gasteiger partial charge in [-0.1, -0.05) is 19.1 Å². The third-order valence-corrected chi connectivity index (χ3v) is 6.46. The van der Waals surface area contributed by atoms with Crippen molar-refractivity contribution >= 4 is 28.1 Å². The first-order valence-corrected chi connectivity index (χ1v) is 12.2. The normalized spacial score (nSPS) is 13.7. The molecule has 5 aromatic rings. The second kappa shape index (κ2) is 9.09. The largest absolute Gasteiger partial charge is 0.488 e. The van der Waals surface area contributed by atoms with Crippen LogP contribution in [-0.2, 0) is 13.0 Å². The summed E-state index contributed by atoms with van der Waals surface area (Å²) in [5.41, 5.74) is 5.64. The van der Waals surface area contributed by atoms with E-state index in [-0.39, 0.29) is 12.0 Å². The molecule has 0 atom stereocenters. The number of fused-ring (bicyclic) bond motifs is 2. The van der Waals surface area contributed by atoms with Gasteiger partial charge in [0.25, 0.3) is 5.91 Å². The summed E-state index contributed by atoms with van der Waals surface area (Å²) in [6.07, 6.45) is 4.34. The Bertz CT molecular complexity index is 1580. The molecule has 1 amide bonds. The quantitative estimate of drug-likeness (QED) is 0.369. The van der Waals surface area contributed by atoms with Crippen LogP contribution in [0.3, 0.4) is 0 Å². The topological polar surface area (TPSA) is 98.4 Å². The minimum absolute atomic E-state index is 0.182. The second-order valence-electron chi connectivity index (χ2n) is 9.01. The molecule has 0 unspecified atom stereocenters. The Hall–Kier alpha value is -4.24. The molecule has 1 aliphatic heterocycles. The number of benzene rings is 1. The number of nitrogens with zero attached hydrogens (tertiary/aromatic N) is 5. The zero-order chi connectivity index (χ0) is 24.6. The number of aromatic nitrogens is 5. The lowest BCUT2D eigenvalue weighted by Crippen LogP contribution is -2.50. The standard InChI is InChI=1S/C27H27N7O2/c1-3-21-26-22(8-5-9-23(26)34(32-21)16-18-7-4-6-17(2)30-18)31-27(35)24-15-29-25-12-19(10-11-33(24)25)36-20-13-28-14-20/h4-12,15,20,28H,3,13-14,16H2,1-2H3,(H,31,35). The van der Waals surface area contributed by atoms with Gasteiger partial charge in [-0.3, -0.25) is 18.9 Å². The average molecular weight is 482 g/mol. The fraction of sp³-hybridized carbons (Fsp3) is 0.259. The summed E-state index contributed by atoms with van der Waals surface area (Å²) in [7, 11) is 0. The highest BCUT2D eigenvalue weighted by Crippen LogP contribution is 2.29. The van der Waals surface area contributed by atoms with Gasteiger partial charge in [-0.2, -0.15) is 5.10 Å². The predicted molar refractivity (Wildman–Crippen MR) is 138 cm³/mol. The number of aryl methyl sites for hydroxylation is 2. The maximum atomic E-state index is 13.3. The van der Waals surface area contributed by atoms with E-state index >= 15 is 0 Å². The highest BCUT2D eigenvalue weighted by Gasteiger charge is 2.20. The van der Waals surface area contributed by atoms with Crippen molar-refractivity contribution in [1.29, 1.82) is 0 Å². The Morgan fingerprint density at radius 1 is 1.19 bits per heavy atom. The number of ether oxygens (including phenoxy) is 1. The van der Waals surface area contributed by atoms with E-state index in [1.54, 1.807) is 10.6 Å². The van der Waals surface area contributed by atoms with Crippen LogP contribution in [0.1, 0.15) is 34.5 Å². The lowest BCUT2D eigenvalue weighted by atomic mass is 10.1. The summed E-state index contributed by atoms with van der Waals surface area (Å²) in [5, 5.41) is 12.1. The van der Waals surface area contributed by atoms with Crippen LogP contribution in [0.2, 0.25) is 0 Å². The van der Waals surface area contributed by atoms with Crippen LogP contribution in [0.4, 0.5) is 5.69 Å². The van der Waals surface area contributed by atoms with Crippen molar-refractivity contribution in [2.45, 2.75) is 32.9 Å². The van der Waals surface area contributed by atoms with Crippen LogP contribution in [0.15, 0.2) is 60.9 Å². The molecule has 9 nitrogen and oxygen atoms in total. The second-order valence-corrected chi connectivity index (χ2v) is 9.01. The van der Waals surface area contributed by atoms with Gasteiger partial charge in [-0.15, -0.1) is 0 Å². The molecule has 1 aliphatic rings. The zero-order valence-corrected chi connectivity index (χ0v) is 20.2. The van der Waals surface area contributed by atoms with Crippen LogP contribution in [0, 0.1) is 6.92 Å². The predicted octanol–water partition coefficient (Wildman–Crippen LogP) is 3.60. The van der Waals surface area contributed by atoms with Gasteiger partial charge in [0.1, 0.15) is 23.2 Å². The van der Waals surface area contributed by atoms with Gasteiger partial charge in [-0.25, -0.2) is 4.98 Å². The number of carbonyl (C=O) groups is 1. The Morgan fingerprint density at radius 2 is 2.06 bits per heavy atom. The van der Waals surface area contributed by atoms with Gasteiger partial charge in [0, 0.05) is 36.4 Å². The molecule has 4 aromatic heterocycles. The average Bonchev–Trinajstić information content (AvgIpc) is 3.43. The van der Waals surface area contributed by atoms with Gasteiger partial charge in [0.05, 0.1) is 35.3 Å². The van der Waals surface area contributed by atoms with E-state index in [0.29, 0.717) is 17.9 Å². The first kappa shape index (κ1) is 22.2. The summed E-state index contributed by atoms with van der Waals surface area (Å²) in [5.74, 6) is 0.515. The van der Waals surface area contributed by atoms with Gasteiger partial charge in [0.2, 0.25) is 0 Å². The molecular weight excluding hydrogens is 454 g/mol. The van der Waals surface area contributed by atoms with Crippen LogP contribution in [0.25, 0.3) is 16.6 Å². The fourth-order valence-electron chi connectivity index (χ4n) is 4.55. The molecule has 0 aliphatic carbocycles. The third kappa shape index (κ3) is 4.07. The zero-order valence-electron chi connectivity index (χ0n) is 20.2. The van der Waals surface area contributed by atoms with Gasteiger partial charge >= 0.3 is 0 Å². The molecule has 2 N–H and O–H groups in total. The molecule has 36 heavy (non-hydrogen) atoms. The number of rotatable bonds is 7. The van der Waals surface area contributed by atoms with Crippen molar-refractivity contribution in [2.75, 3.05) is 18.4 Å². The minimum Gasteiger partial charge on any atom is -0.488 e. The van der Waals surface area contributed by atoms with Gasteiger partial charge in [-0.05, 0) is 43.7 Å². The number of pyridine rings is 2. The lowest BCUT2D eigenvalue weighted by Gasteiger charge is -2.27. The van der Waals surface area contributed by atoms with Crippen molar-refractivity contribution in [3.8, 4) is 5.75 Å². The van der Waals surface area contributed by atoms with Crippen LogP contribution in [-0.4, -0.2) is 49.2 Å². The number of anilines is 1. The molecule has 1 fully saturated rings. The van der Waals surface area contributed by atoms with Crippen molar-refractivity contribution in [3.05, 3.63) is 83.7 Å². The Kier molecular flexibility index (Phi) is 5.61.